The molecule has 3 amide bonds. The second-order valence-electron chi connectivity index (χ2n) is 5.99. The molecule has 0 aliphatic carbocycles. The summed E-state index contributed by atoms with van der Waals surface area (Å²) in [6, 6.07) is 3.36. The van der Waals surface area contributed by atoms with Crippen LogP contribution >= 0.6 is 0 Å². The van der Waals surface area contributed by atoms with Crippen molar-refractivity contribution in [2.45, 2.75) is 32.4 Å². The lowest BCUT2D eigenvalue weighted by molar-refractivity contribution is -0.134. The van der Waals surface area contributed by atoms with Gasteiger partial charge in [-0.15, -0.1) is 6.58 Å². The minimum absolute atomic E-state index is 0.00865. The number of amides is 3. The second kappa shape index (κ2) is 9.88. The number of nitrogens with zero attached hydrogens (tertiary/aromatic N) is 2. The molecule has 0 radical (unpaired) electrons. The van der Waals surface area contributed by atoms with Crippen molar-refractivity contribution in [3.63, 3.8) is 0 Å². The van der Waals surface area contributed by atoms with Gasteiger partial charge in [-0.3, -0.25) is 4.79 Å². The van der Waals surface area contributed by atoms with Crippen LogP contribution in [-0.4, -0.2) is 60.6 Å². The maximum atomic E-state index is 12.8. The smallest absolute Gasteiger partial charge is 0.318 e. The Morgan fingerprint density at radius 1 is 1.44 bits per heavy atom. The molecule has 25 heavy (non-hydrogen) atoms. The third-order valence-corrected chi connectivity index (χ3v) is 4.02. The van der Waals surface area contributed by atoms with Crippen LogP contribution in [0.25, 0.3) is 0 Å². The first-order chi connectivity index (χ1) is 12.1. The highest BCUT2D eigenvalue weighted by atomic mass is 16.5. The van der Waals surface area contributed by atoms with E-state index in [1.165, 1.54) is 4.90 Å². The van der Waals surface area contributed by atoms with Gasteiger partial charge in [-0.2, -0.15) is 0 Å². The molecular formula is C18H27N3O4. The van der Waals surface area contributed by atoms with E-state index in [-0.39, 0.29) is 24.6 Å². The van der Waals surface area contributed by atoms with Gasteiger partial charge in [0.1, 0.15) is 12.3 Å². The minimum Gasteiger partial charge on any atom is -0.467 e. The van der Waals surface area contributed by atoms with Gasteiger partial charge >= 0.3 is 6.03 Å². The normalized spacial score (nSPS) is 16.4. The van der Waals surface area contributed by atoms with E-state index in [1.807, 2.05) is 13.0 Å². The van der Waals surface area contributed by atoms with Crippen LogP contribution in [0.4, 0.5) is 4.79 Å². The van der Waals surface area contributed by atoms with Gasteiger partial charge in [0.25, 0.3) is 0 Å². The van der Waals surface area contributed by atoms with Crippen molar-refractivity contribution < 1.29 is 18.7 Å². The van der Waals surface area contributed by atoms with Gasteiger partial charge in [0, 0.05) is 26.2 Å². The van der Waals surface area contributed by atoms with Gasteiger partial charge in [-0.1, -0.05) is 6.08 Å². The Kier molecular flexibility index (Phi) is 7.53. The molecule has 1 aliphatic heterocycles. The van der Waals surface area contributed by atoms with Crippen molar-refractivity contribution >= 4 is 11.9 Å². The highest BCUT2D eigenvalue weighted by molar-refractivity contribution is 5.84. The first-order valence-electron chi connectivity index (χ1n) is 8.69. The van der Waals surface area contributed by atoms with Crippen molar-refractivity contribution in [2.24, 2.45) is 0 Å². The maximum absolute atomic E-state index is 12.8. The highest BCUT2D eigenvalue weighted by Gasteiger charge is 2.25. The molecule has 1 fully saturated rings. The fourth-order valence-corrected chi connectivity index (χ4v) is 2.78. The Bertz CT molecular complexity index is 553. The molecule has 2 rings (SSSR count). The molecule has 1 atom stereocenters. The molecule has 1 aromatic heterocycles. The Hall–Kier alpha value is -2.28. The lowest BCUT2D eigenvalue weighted by Crippen LogP contribution is -2.47. The summed E-state index contributed by atoms with van der Waals surface area (Å²) in [6.07, 6.45) is 5.18. The summed E-state index contributed by atoms with van der Waals surface area (Å²) < 4.78 is 11.0. The lowest BCUT2D eigenvalue weighted by Gasteiger charge is -2.28. The lowest BCUT2D eigenvalue weighted by atomic mass is 10.2. The van der Waals surface area contributed by atoms with E-state index in [1.54, 1.807) is 23.3 Å². The molecule has 1 aliphatic rings. The number of hydrogen-bond donors (Lipinski definition) is 1. The summed E-state index contributed by atoms with van der Waals surface area (Å²) in [7, 11) is 0. The number of carbonyl (C=O) groups is 2. The third kappa shape index (κ3) is 5.94. The first kappa shape index (κ1) is 19.1. The molecule has 7 nitrogen and oxygen atoms in total. The topological polar surface area (TPSA) is 75.0 Å². The zero-order valence-corrected chi connectivity index (χ0v) is 14.8. The van der Waals surface area contributed by atoms with Gasteiger partial charge in [0.15, 0.2) is 0 Å². The van der Waals surface area contributed by atoms with Crippen LogP contribution in [0.3, 0.4) is 0 Å². The van der Waals surface area contributed by atoms with E-state index in [9.17, 15) is 9.59 Å². The molecular weight excluding hydrogens is 322 g/mol. The molecule has 0 saturated carbocycles. The highest BCUT2D eigenvalue weighted by Crippen LogP contribution is 2.16. The van der Waals surface area contributed by atoms with Crippen LogP contribution in [0.1, 0.15) is 25.5 Å². The summed E-state index contributed by atoms with van der Waals surface area (Å²) in [6.45, 7) is 7.90. The van der Waals surface area contributed by atoms with Crippen LogP contribution in [0.15, 0.2) is 35.5 Å². The first-order valence-corrected chi connectivity index (χ1v) is 8.69. The summed E-state index contributed by atoms with van der Waals surface area (Å²) >= 11 is 0. The van der Waals surface area contributed by atoms with Crippen LogP contribution in [0.5, 0.6) is 0 Å². The number of carbonyl (C=O) groups excluding carboxylic acids is 2. The molecule has 0 spiro atoms. The van der Waals surface area contributed by atoms with E-state index >= 15 is 0 Å². The zero-order chi connectivity index (χ0) is 18.1. The SMILES string of the molecule is C=CCN(CC(=O)N(Cc1ccco1)CC1CCCO1)C(=O)NCC. The van der Waals surface area contributed by atoms with Crippen LogP contribution < -0.4 is 5.32 Å². The number of urea groups is 1. The number of rotatable bonds is 9. The second-order valence-corrected chi connectivity index (χ2v) is 5.99. The third-order valence-electron chi connectivity index (χ3n) is 4.02. The Morgan fingerprint density at radius 2 is 2.28 bits per heavy atom. The van der Waals surface area contributed by atoms with Crippen molar-refractivity contribution in [1.82, 2.24) is 15.1 Å². The van der Waals surface area contributed by atoms with Crippen LogP contribution in [-0.2, 0) is 16.1 Å². The van der Waals surface area contributed by atoms with E-state index < -0.39 is 0 Å². The number of ether oxygens (including phenoxy) is 1. The van der Waals surface area contributed by atoms with Crippen LogP contribution in [0.2, 0.25) is 0 Å². The van der Waals surface area contributed by atoms with Crippen molar-refractivity contribution in [1.29, 1.82) is 0 Å². The quantitative estimate of drug-likeness (QED) is 0.692. The van der Waals surface area contributed by atoms with E-state index in [2.05, 4.69) is 11.9 Å². The maximum Gasteiger partial charge on any atom is 0.318 e. The predicted molar refractivity (Wildman–Crippen MR) is 93.9 cm³/mol. The van der Waals surface area contributed by atoms with Crippen molar-refractivity contribution in [3.8, 4) is 0 Å². The van der Waals surface area contributed by atoms with Gasteiger partial charge in [-0.05, 0) is 31.9 Å². The van der Waals surface area contributed by atoms with Gasteiger partial charge in [0.2, 0.25) is 5.91 Å². The monoisotopic (exact) mass is 349 g/mol. The number of furan rings is 1. The number of hydrogen-bond acceptors (Lipinski definition) is 4. The van der Waals surface area contributed by atoms with Gasteiger partial charge in [0.05, 0.1) is 18.9 Å². The largest absolute Gasteiger partial charge is 0.467 e. The predicted octanol–water partition coefficient (Wildman–Crippen LogP) is 2.00. The minimum atomic E-state index is -0.272. The molecule has 1 saturated heterocycles. The molecule has 1 aromatic rings. The van der Waals surface area contributed by atoms with Gasteiger partial charge in [-0.25, -0.2) is 4.79 Å². The number of nitrogens with one attached hydrogen (secondary N) is 1. The molecule has 0 aromatic carbocycles. The Balaban J connectivity index is 2.03. The molecule has 7 heteroatoms. The standard InChI is InChI=1S/C18H27N3O4/c1-3-9-20(18(23)19-4-2)14-17(22)21(12-15-7-5-10-24-15)13-16-8-6-11-25-16/h3,5,7,10,16H,1,4,6,8-9,11-14H2,2H3,(H,19,23). The van der Waals surface area contributed by atoms with Crippen LogP contribution in [0, 0.1) is 0 Å². The zero-order valence-electron chi connectivity index (χ0n) is 14.8. The van der Waals surface area contributed by atoms with Crippen molar-refractivity contribution in [2.75, 3.05) is 32.8 Å². The summed E-state index contributed by atoms with van der Waals surface area (Å²) in [4.78, 5) is 28.1. The fourth-order valence-electron chi connectivity index (χ4n) is 2.78. The van der Waals surface area contributed by atoms with Gasteiger partial charge < -0.3 is 24.3 Å². The van der Waals surface area contributed by atoms with E-state index in [0.29, 0.717) is 31.9 Å². The summed E-state index contributed by atoms with van der Waals surface area (Å²) in [5, 5.41) is 2.72. The Morgan fingerprint density at radius 3 is 2.88 bits per heavy atom. The molecule has 1 unspecified atom stereocenters. The Labute approximate surface area is 148 Å². The van der Waals surface area contributed by atoms with E-state index in [0.717, 1.165) is 19.4 Å². The van der Waals surface area contributed by atoms with Crippen molar-refractivity contribution in [3.05, 3.63) is 36.8 Å². The summed E-state index contributed by atoms with van der Waals surface area (Å²) in [5.74, 6) is 0.569. The average Bonchev–Trinajstić information content (AvgIpc) is 3.28. The average molecular weight is 349 g/mol. The van der Waals surface area contributed by atoms with E-state index in [4.69, 9.17) is 9.15 Å². The summed E-state index contributed by atoms with van der Waals surface area (Å²) in [5.41, 5.74) is 0. The fraction of sp³-hybridized carbons (Fsp3) is 0.556. The molecule has 1 N–H and O–H groups in total. The molecule has 0 bridgehead atoms. The molecule has 2 heterocycles. The molecule has 138 valence electrons.